The van der Waals surface area contributed by atoms with Crippen LogP contribution in [-0.2, 0) is 18.8 Å². The number of hydrogen-bond donors (Lipinski definition) is 0. The highest BCUT2D eigenvalue weighted by Gasteiger charge is 2.08. The van der Waals surface area contributed by atoms with Gasteiger partial charge in [-0.15, -0.1) is 22.9 Å². The highest BCUT2D eigenvalue weighted by atomic mass is 35.5. The van der Waals surface area contributed by atoms with Crippen molar-refractivity contribution in [3.8, 4) is 0 Å². The molecule has 3 nitrogen and oxygen atoms in total. The topological polar surface area (TPSA) is 29.0 Å². The van der Waals surface area contributed by atoms with Gasteiger partial charge in [0.15, 0.2) is 0 Å². The number of halogens is 1. The summed E-state index contributed by atoms with van der Waals surface area (Å²) in [6, 6.07) is 4.15. The Morgan fingerprint density at radius 3 is 2.79 bits per heavy atom. The second-order valence-electron chi connectivity index (χ2n) is 4.54. The number of anilines is 1. The van der Waals surface area contributed by atoms with Crippen molar-refractivity contribution >= 4 is 28.8 Å². The van der Waals surface area contributed by atoms with Gasteiger partial charge < -0.3 is 4.90 Å². The summed E-state index contributed by atoms with van der Waals surface area (Å²) in [4.78, 5) is 11.1. The quantitative estimate of drug-likeness (QED) is 0.758. The van der Waals surface area contributed by atoms with E-state index in [1.165, 1.54) is 0 Å². The molecule has 5 heteroatoms. The fourth-order valence-corrected chi connectivity index (χ4v) is 2.63. The van der Waals surface area contributed by atoms with Gasteiger partial charge in [-0.3, -0.25) is 0 Å². The fraction of sp³-hybridized carbons (Fsp3) is 0.429. The molecule has 0 spiro atoms. The van der Waals surface area contributed by atoms with Crippen LogP contribution in [0.15, 0.2) is 23.0 Å². The molecule has 2 rings (SSSR count). The summed E-state index contributed by atoms with van der Waals surface area (Å²) in [5.41, 5.74) is 5.16. The van der Waals surface area contributed by atoms with Crippen molar-refractivity contribution in [2.75, 3.05) is 11.9 Å². The van der Waals surface area contributed by atoms with E-state index in [1.54, 1.807) is 11.3 Å². The number of rotatable bonds is 6. The van der Waals surface area contributed by atoms with Gasteiger partial charge in [0.25, 0.3) is 0 Å². The molecule has 0 aliphatic rings. The number of hydrogen-bond acceptors (Lipinski definition) is 4. The van der Waals surface area contributed by atoms with Gasteiger partial charge in [-0.25, -0.2) is 9.97 Å². The van der Waals surface area contributed by atoms with Crippen LogP contribution in [-0.4, -0.2) is 17.0 Å². The maximum absolute atomic E-state index is 5.96. The Morgan fingerprint density at radius 2 is 2.16 bits per heavy atom. The summed E-state index contributed by atoms with van der Waals surface area (Å²) in [5.74, 6) is 1.49. The highest BCUT2D eigenvalue weighted by molar-refractivity contribution is 7.07. The molecular weight excluding hydrogens is 278 g/mol. The molecule has 0 atom stereocenters. The second kappa shape index (κ2) is 6.87. The zero-order valence-electron chi connectivity index (χ0n) is 11.3. The Morgan fingerprint density at radius 1 is 1.32 bits per heavy atom. The Hall–Kier alpha value is -1.13. The third-order valence-corrected chi connectivity index (χ3v) is 3.80. The van der Waals surface area contributed by atoms with Gasteiger partial charge >= 0.3 is 0 Å². The molecule has 0 saturated heterocycles. The second-order valence-corrected chi connectivity index (χ2v) is 5.53. The number of nitrogens with zero attached hydrogens (tertiary/aromatic N) is 3. The van der Waals surface area contributed by atoms with Crippen LogP contribution < -0.4 is 4.90 Å². The van der Waals surface area contributed by atoms with Crippen molar-refractivity contribution in [3.05, 3.63) is 40.0 Å². The van der Waals surface area contributed by atoms with Gasteiger partial charge in [-0.05, 0) is 24.1 Å². The lowest BCUT2D eigenvalue weighted by Gasteiger charge is -2.18. The third kappa shape index (κ3) is 3.91. The summed E-state index contributed by atoms with van der Waals surface area (Å²) in [6.45, 7) is 2.93. The standard InChI is InChI=1S/C14H18ClN3S/c1-3-4-12-5-11(7-15)6-14(17-12)18(2)8-13-9-19-10-16-13/h5-6,9-10H,3-4,7-8H2,1-2H3. The molecule has 0 saturated carbocycles. The van der Waals surface area contributed by atoms with Crippen LogP contribution in [0.1, 0.15) is 30.3 Å². The van der Waals surface area contributed by atoms with Crippen molar-refractivity contribution in [3.63, 3.8) is 0 Å². The largest absolute Gasteiger partial charge is 0.354 e. The number of pyridine rings is 1. The van der Waals surface area contributed by atoms with E-state index in [2.05, 4.69) is 34.3 Å². The van der Waals surface area contributed by atoms with Gasteiger partial charge in [0.1, 0.15) is 5.82 Å². The molecule has 2 aromatic rings. The van der Waals surface area contributed by atoms with E-state index in [9.17, 15) is 0 Å². The molecule has 2 aromatic heterocycles. The first-order valence-electron chi connectivity index (χ1n) is 6.37. The van der Waals surface area contributed by atoms with Crippen LogP contribution >= 0.6 is 22.9 Å². The molecule has 0 aliphatic heterocycles. The van der Waals surface area contributed by atoms with E-state index < -0.39 is 0 Å². The van der Waals surface area contributed by atoms with Gasteiger partial charge in [-0.1, -0.05) is 13.3 Å². The Balaban J connectivity index is 2.19. The molecule has 0 radical (unpaired) electrons. The average Bonchev–Trinajstić information content (AvgIpc) is 2.91. The van der Waals surface area contributed by atoms with Gasteiger partial charge in [-0.2, -0.15) is 0 Å². The lowest BCUT2D eigenvalue weighted by atomic mass is 10.2. The SMILES string of the molecule is CCCc1cc(CCl)cc(N(C)Cc2cscn2)n1. The molecule has 0 amide bonds. The molecule has 0 N–H and O–H groups in total. The van der Waals surface area contributed by atoms with Crippen LogP contribution in [0, 0.1) is 0 Å². The van der Waals surface area contributed by atoms with Crippen LogP contribution in [0.5, 0.6) is 0 Å². The van der Waals surface area contributed by atoms with Crippen molar-refractivity contribution < 1.29 is 0 Å². The average molecular weight is 296 g/mol. The first-order chi connectivity index (χ1) is 9.22. The molecule has 102 valence electrons. The van der Waals surface area contributed by atoms with Crippen molar-refractivity contribution in [2.24, 2.45) is 0 Å². The first-order valence-corrected chi connectivity index (χ1v) is 7.84. The van der Waals surface area contributed by atoms with Crippen molar-refractivity contribution in [1.82, 2.24) is 9.97 Å². The minimum atomic E-state index is 0.525. The van der Waals surface area contributed by atoms with Crippen LogP contribution in [0.3, 0.4) is 0 Å². The number of aromatic nitrogens is 2. The van der Waals surface area contributed by atoms with Gasteiger partial charge in [0.05, 0.1) is 17.7 Å². The van der Waals surface area contributed by atoms with E-state index in [-0.39, 0.29) is 0 Å². The lowest BCUT2D eigenvalue weighted by Crippen LogP contribution is -2.18. The minimum absolute atomic E-state index is 0.525. The molecular formula is C14H18ClN3S. The molecule has 0 fully saturated rings. The number of aryl methyl sites for hydroxylation is 1. The van der Waals surface area contributed by atoms with Crippen molar-refractivity contribution in [1.29, 1.82) is 0 Å². The van der Waals surface area contributed by atoms with E-state index >= 15 is 0 Å². The van der Waals surface area contributed by atoms with Gasteiger partial charge in [0, 0.05) is 24.0 Å². The lowest BCUT2D eigenvalue weighted by molar-refractivity contribution is 0.837. The Labute approximate surface area is 123 Å². The predicted molar refractivity (Wildman–Crippen MR) is 82.0 cm³/mol. The zero-order valence-corrected chi connectivity index (χ0v) is 12.8. The Kier molecular flexibility index (Phi) is 5.16. The molecule has 0 unspecified atom stereocenters. The Bertz CT molecular complexity index is 513. The van der Waals surface area contributed by atoms with Crippen LogP contribution in [0.2, 0.25) is 0 Å². The maximum Gasteiger partial charge on any atom is 0.129 e. The summed E-state index contributed by atoms with van der Waals surface area (Å²) in [7, 11) is 2.04. The van der Waals surface area contributed by atoms with E-state index in [0.29, 0.717) is 5.88 Å². The van der Waals surface area contributed by atoms with Gasteiger partial charge in [0.2, 0.25) is 0 Å². The third-order valence-electron chi connectivity index (χ3n) is 2.86. The first kappa shape index (κ1) is 14.3. The van der Waals surface area contributed by atoms with E-state index in [4.69, 9.17) is 16.6 Å². The number of alkyl halides is 1. The highest BCUT2D eigenvalue weighted by Crippen LogP contribution is 2.18. The van der Waals surface area contributed by atoms with Crippen LogP contribution in [0.25, 0.3) is 0 Å². The summed E-state index contributed by atoms with van der Waals surface area (Å²) in [6.07, 6.45) is 2.08. The molecule has 0 aromatic carbocycles. The minimum Gasteiger partial charge on any atom is -0.354 e. The maximum atomic E-state index is 5.96. The normalized spacial score (nSPS) is 10.7. The summed E-state index contributed by atoms with van der Waals surface area (Å²) >= 11 is 7.58. The monoisotopic (exact) mass is 295 g/mol. The fourth-order valence-electron chi connectivity index (χ4n) is 1.93. The molecule has 0 aliphatic carbocycles. The molecule has 2 heterocycles. The number of thiazole rings is 1. The summed E-state index contributed by atoms with van der Waals surface area (Å²) < 4.78 is 0. The van der Waals surface area contributed by atoms with E-state index in [1.807, 2.05) is 12.6 Å². The van der Waals surface area contributed by atoms with Crippen LogP contribution in [0.4, 0.5) is 5.82 Å². The summed E-state index contributed by atoms with van der Waals surface area (Å²) in [5, 5.41) is 2.06. The van der Waals surface area contributed by atoms with E-state index in [0.717, 1.165) is 42.2 Å². The van der Waals surface area contributed by atoms with Crippen molar-refractivity contribution in [2.45, 2.75) is 32.2 Å². The smallest absolute Gasteiger partial charge is 0.129 e. The molecule has 19 heavy (non-hydrogen) atoms. The predicted octanol–water partition coefficient (Wildman–Crippen LogP) is 3.87. The molecule has 0 bridgehead atoms. The zero-order chi connectivity index (χ0) is 13.7.